The van der Waals surface area contributed by atoms with E-state index >= 15 is 0 Å². The van der Waals surface area contributed by atoms with Gasteiger partial charge in [0.1, 0.15) is 0 Å². The molecule has 94 valence electrons. The topological polar surface area (TPSA) is 67.1 Å². The van der Waals surface area contributed by atoms with Crippen LogP contribution in [0.15, 0.2) is 18.2 Å². The number of amides is 2. The molecule has 4 nitrogen and oxygen atoms in total. The maximum Gasteiger partial charge on any atom is 0.319 e. The molecule has 0 aliphatic carbocycles. The fourth-order valence-corrected chi connectivity index (χ4v) is 1.64. The lowest BCUT2D eigenvalue weighted by Crippen LogP contribution is -2.46. The molecule has 2 amide bonds. The Morgan fingerprint density at radius 2 is 1.82 bits per heavy atom. The first-order valence-electron chi connectivity index (χ1n) is 5.06. The molecule has 0 spiro atoms. The summed E-state index contributed by atoms with van der Waals surface area (Å²) in [7, 11) is 0. The Morgan fingerprint density at radius 3 is 2.29 bits per heavy atom. The van der Waals surface area contributed by atoms with E-state index in [0.717, 1.165) is 0 Å². The largest absolute Gasteiger partial charge is 0.336 e. The van der Waals surface area contributed by atoms with Gasteiger partial charge in [-0.15, -0.1) is 0 Å². The number of nitrogens with two attached hydrogens (primary N) is 1. The highest BCUT2D eigenvalue weighted by Crippen LogP contribution is 2.22. The van der Waals surface area contributed by atoms with Gasteiger partial charge in [0.2, 0.25) is 0 Å². The number of anilines is 1. The van der Waals surface area contributed by atoms with Gasteiger partial charge in [0.25, 0.3) is 0 Å². The number of hydrogen-bond donors (Lipinski definition) is 3. The summed E-state index contributed by atoms with van der Waals surface area (Å²) in [5.74, 6) is 0. The molecule has 0 aliphatic heterocycles. The van der Waals surface area contributed by atoms with Crippen LogP contribution in [0, 0.1) is 0 Å². The Hall–Kier alpha value is -0.970. The molecule has 17 heavy (non-hydrogen) atoms. The fraction of sp³-hybridized carbons (Fsp3) is 0.364. The van der Waals surface area contributed by atoms with Gasteiger partial charge in [-0.3, -0.25) is 0 Å². The van der Waals surface area contributed by atoms with Crippen molar-refractivity contribution in [3.63, 3.8) is 0 Å². The molecular weight excluding hydrogens is 261 g/mol. The van der Waals surface area contributed by atoms with E-state index in [1.165, 1.54) is 0 Å². The molecular formula is C11H15Cl2N3O. The average Bonchev–Trinajstić information content (AvgIpc) is 2.11. The Labute approximate surface area is 110 Å². The number of nitrogens with one attached hydrogen (secondary N) is 2. The Kier molecular flexibility index (Phi) is 4.62. The molecule has 0 saturated carbocycles. The Balaban J connectivity index is 2.56. The minimum atomic E-state index is -0.455. The predicted molar refractivity (Wildman–Crippen MR) is 71.7 cm³/mol. The van der Waals surface area contributed by atoms with Gasteiger partial charge in [-0.2, -0.15) is 0 Å². The van der Waals surface area contributed by atoms with Gasteiger partial charge < -0.3 is 16.4 Å². The second-order valence-corrected chi connectivity index (χ2v) is 5.33. The first-order chi connectivity index (χ1) is 7.76. The SMILES string of the molecule is CC(C)(N)CNC(=O)Nc1cc(Cl)cc(Cl)c1. The number of benzene rings is 1. The number of carbonyl (C=O) groups excluding carboxylic acids is 1. The van der Waals surface area contributed by atoms with Crippen LogP contribution in [0.4, 0.5) is 10.5 Å². The van der Waals surface area contributed by atoms with Gasteiger partial charge in [0, 0.05) is 27.8 Å². The highest BCUT2D eigenvalue weighted by atomic mass is 35.5. The first-order valence-corrected chi connectivity index (χ1v) is 5.82. The van der Waals surface area contributed by atoms with Crippen molar-refractivity contribution in [3.8, 4) is 0 Å². The van der Waals surface area contributed by atoms with Gasteiger partial charge in [0.05, 0.1) is 0 Å². The molecule has 0 bridgehead atoms. The van der Waals surface area contributed by atoms with Crippen molar-refractivity contribution in [1.82, 2.24) is 5.32 Å². The van der Waals surface area contributed by atoms with Gasteiger partial charge in [-0.1, -0.05) is 23.2 Å². The zero-order valence-electron chi connectivity index (χ0n) is 9.68. The fourth-order valence-electron chi connectivity index (χ4n) is 1.11. The van der Waals surface area contributed by atoms with Crippen molar-refractivity contribution in [1.29, 1.82) is 0 Å². The zero-order valence-corrected chi connectivity index (χ0v) is 11.2. The zero-order chi connectivity index (χ0) is 13.1. The van der Waals surface area contributed by atoms with E-state index in [1.54, 1.807) is 18.2 Å². The highest BCUT2D eigenvalue weighted by molar-refractivity contribution is 6.35. The van der Waals surface area contributed by atoms with Gasteiger partial charge in [-0.05, 0) is 32.0 Å². The molecule has 0 atom stereocenters. The summed E-state index contributed by atoms with van der Waals surface area (Å²) in [5.41, 5.74) is 5.82. The number of hydrogen-bond acceptors (Lipinski definition) is 2. The normalized spacial score (nSPS) is 11.1. The van der Waals surface area contributed by atoms with Crippen molar-refractivity contribution in [2.75, 3.05) is 11.9 Å². The molecule has 6 heteroatoms. The molecule has 0 aromatic heterocycles. The van der Waals surface area contributed by atoms with Gasteiger partial charge in [0.15, 0.2) is 0 Å². The lowest BCUT2D eigenvalue weighted by molar-refractivity contribution is 0.250. The number of halogens is 2. The van der Waals surface area contributed by atoms with Crippen LogP contribution < -0.4 is 16.4 Å². The van der Waals surface area contributed by atoms with Crippen molar-refractivity contribution in [2.24, 2.45) is 5.73 Å². The molecule has 1 aromatic carbocycles. The van der Waals surface area contributed by atoms with E-state index in [4.69, 9.17) is 28.9 Å². The predicted octanol–water partition coefficient (Wildman–Crippen LogP) is 2.85. The number of carbonyl (C=O) groups is 1. The van der Waals surface area contributed by atoms with Crippen LogP contribution in [0.2, 0.25) is 10.0 Å². The molecule has 0 saturated heterocycles. The third-order valence-electron chi connectivity index (χ3n) is 1.82. The van der Waals surface area contributed by atoms with Crippen LogP contribution in [0.3, 0.4) is 0 Å². The molecule has 1 rings (SSSR count). The van der Waals surface area contributed by atoms with Crippen LogP contribution in [-0.2, 0) is 0 Å². The van der Waals surface area contributed by atoms with Gasteiger partial charge in [-0.25, -0.2) is 4.79 Å². The van der Waals surface area contributed by atoms with Crippen LogP contribution in [0.5, 0.6) is 0 Å². The third-order valence-corrected chi connectivity index (χ3v) is 2.26. The van der Waals surface area contributed by atoms with E-state index in [1.807, 2.05) is 13.8 Å². The second-order valence-electron chi connectivity index (χ2n) is 4.45. The van der Waals surface area contributed by atoms with Crippen molar-refractivity contribution in [3.05, 3.63) is 28.2 Å². The van der Waals surface area contributed by atoms with Crippen LogP contribution >= 0.6 is 23.2 Å². The molecule has 4 N–H and O–H groups in total. The molecule has 0 radical (unpaired) electrons. The maximum atomic E-state index is 11.5. The molecule has 0 unspecified atom stereocenters. The number of rotatable bonds is 3. The van der Waals surface area contributed by atoms with Crippen molar-refractivity contribution in [2.45, 2.75) is 19.4 Å². The van der Waals surface area contributed by atoms with E-state index in [2.05, 4.69) is 10.6 Å². The summed E-state index contributed by atoms with van der Waals surface area (Å²) >= 11 is 11.6. The number of urea groups is 1. The molecule has 0 aliphatic rings. The van der Waals surface area contributed by atoms with Crippen LogP contribution in [0.1, 0.15) is 13.8 Å². The summed E-state index contributed by atoms with van der Waals surface area (Å²) in [4.78, 5) is 11.5. The van der Waals surface area contributed by atoms with Crippen LogP contribution in [0.25, 0.3) is 0 Å². The molecule has 1 aromatic rings. The molecule has 0 fully saturated rings. The summed E-state index contributed by atoms with van der Waals surface area (Å²) < 4.78 is 0. The standard InChI is InChI=1S/C11H15Cl2N3O/c1-11(2,14)6-15-10(17)16-9-4-7(12)3-8(13)5-9/h3-5H,6,14H2,1-2H3,(H2,15,16,17). The second kappa shape index (κ2) is 5.58. The minimum absolute atomic E-state index is 0.346. The van der Waals surface area contributed by atoms with E-state index < -0.39 is 5.54 Å². The lowest BCUT2D eigenvalue weighted by atomic mass is 10.1. The Morgan fingerprint density at radius 1 is 1.29 bits per heavy atom. The average molecular weight is 276 g/mol. The van der Waals surface area contributed by atoms with E-state index in [0.29, 0.717) is 22.3 Å². The Bertz CT molecular complexity index is 395. The lowest BCUT2D eigenvalue weighted by Gasteiger charge is -2.19. The monoisotopic (exact) mass is 275 g/mol. The van der Waals surface area contributed by atoms with Crippen molar-refractivity contribution < 1.29 is 4.79 Å². The first kappa shape index (κ1) is 14.1. The summed E-state index contributed by atoms with van der Waals surface area (Å²) in [6, 6.07) is 4.47. The van der Waals surface area contributed by atoms with Crippen molar-refractivity contribution >= 4 is 34.9 Å². The molecule has 0 heterocycles. The van der Waals surface area contributed by atoms with E-state index in [-0.39, 0.29) is 6.03 Å². The van der Waals surface area contributed by atoms with Gasteiger partial charge >= 0.3 is 6.03 Å². The van der Waals surface area contributed by atoms with Crippen LogP contribution in [-0.4, -0.2) is 18.1 Å². The smallest absolute Gasteiger partial charge is 0.319 e. The third kappa shape index (κ3) is 5.77. The summed E-state index contributed by atoms with van der Waals surface area (Å²) in [6.07, 6.45) is 0. The quantitative estimate of drug-likeness (QED) is 0.794. The highest BCUT2D eigenvalue weighted by Gasteiger charge is 2.12. The van der Waals surface area contributed by atoms with E-state index in [9.17, 15) is 4.79 Å². The maximum absolute atomic E-state index is 11.5. The summed E-state index contributed by atoms with van der Waals surface area (Å²) in [5, 5.41) is 6.20. The minimum Gasteiger partial charge on any atom is -0.336 e. The summed E-state index contributed by atoms with van der Waals surface area (Å²) in [6.45, 7) is 4.01.